The Balaban J connectivity index is 0.00000841. The van der Waals surface area contributed by atoms with Crippen LogP contribution in [0.4, 0.5) is 5.69 Å². The predicted octanol–water partition coefficient (Wildman–Crippen LogP) is -12.4. The molecule has 0 bridgehead atoms. The molecule has 30 heteroatoms. The summed E-state index contributed by atoms with van der Waals surface area (Å²) in [4.78, 5) is 34.5. The van der Waals surface area contributed by atoms with Gasteiger partial charge in [-0.1, -0.05) is 24.3 Å². The number of hydrogen-bond acceptors (Lipinski definition) is 19. The zero-order chi connectivity index (χ0) is 41.3. The Morgan fingerprint density at radius 1 is 0.746 bits per heavy atom. The summed E-state index contributed by atoms with van der Waals surface area (Å²) < 4.78 is 149. The van der Waals surface area contributed by atoms with E-state index in [0.29, 0.717) is 36.4 Å². The number of nitrogens with zero attached hydrogens (tertiary/aromatic N) is 4. The van der Waals surface area contributed by atoms with Gasteiger partial charge in [-0.15, -0.1) is 0 Å². The number of carbonyl (C=O) groups is 3. The number of benzene rings is 2. The first-order chi connectivity index (χ1) is 25.4. The number of allylic oxidation sites excluding steroid dienone is 4. The van der Waals surface area contributed by atoms with Gasteiger partial charge in [0.2, 0.25) is 0 Å². The van der Waals surface area contributed by atoms with Gasteiger partial charge in [0, 0.05) is 5.56 Å². The minimum Gasteiger partial charge on any atom is -0.858 e. The molecule has 1 aliphatic heterocycles. The molecule has 4 rings (SSSR count). The first-order valence-corrected chi connectivity index (χ1v) is 20.3. The number of esters is 2. The zero-order valence-corrected chi connectivity index (χ0v) is 42.8. The fourth-order valence-corrected chi connectivity index (χ4v) is 6.86. The van der Waals surface area contributed by atoms with Gasteiger partial charge in [0.15, 0.2) is 11.4 Å². The van der Waals surface area contributed by atoms with E-state index in [0.717, 1.165) is 30.4 Å². The molecule has 0 radical (unpaired) electrons. The Bertz CT molecular complexity index is 2720. The van der Waals surface area contributed by atoms with Gasteiger partial charge in [-0.25, -0.2) is 39.5 Å². The number of hydrogen-bond donors (Lipinski definition) is 1. The van der Waals surface area contributed by atoms with Crippen LogP contribution >= 0.6 is 0 Å². The second-order valence-electron chi connectivity index (χ2n) is 10.4. The number of hydrazone groups is 1. The molecule has 0 fully saturated rings. The van der Waals surface area contributed by atoms with E-state index < -0.39 is 118 Å². The van der Waals surface area contributed by atoms with Crippen molar-refractivity contribution in [2.24, 2.45) is 5.10 Å². The molecule has 1 aliphatic rings. The van der Waals surface area contributed by atoms with Crippen LogP contribution in [0.1, 0.15) is 29.9 Å². The molecule has 59 heavy (non-hydrogen) atoms. The van der Waals surface area contributed by atoms with Crippen LogP contribution in [-0.4, -0.2) is 98.4 Å². The van der Waals surface area contributed by atoms with Gasteiger partial charge in [0.25, 0.3) is 16.0 Å². The summed E-state index contributed by atoms with van der Waals surface area (Å²) in [7, 11) is -21.2. The van der Waals surface area contributed by atoms with Crippen molar-refractivity contribution in [3.8, 4) is 11.6 Å². The van der Waals surface area contributed by atoms with Crippen LogP contribution in [0.25, 0.3) is 11.8 Å². The van der Waals surface area contributed by atoms with Gasteiger partial charge in [-0.2, -0.15) is 23.6 Å². The van der Waals surface area contributed by atoms with Crippen molar-refractivity contribution in [2.75, 3.05) is 18.2 Å². The maximum atomic E-state index is 13.5. The van der Waals surface area contributed by atoms with Crippen molar-refractivity contribution in [1.82, 2.24) is 9.78 Å². The molecule has 1 amide bonds. The quantitative estimate of drug-likeness (QED) is 0.0547. The normalized spacial score (nSPS) is 13.9. The van der Waals surface area contributed by atoms with E-state index in [4.69, 9.17) is 9.47 Å². The Morgan fingerprint density at radius 2 is 1.25 bits per heavy atom. The second-order valence-corrected chi connectivity index (χ2v) is 15.9. The predicted molar refractivity (Wildman–Crippen MR) is 177 cm³/mol. The van der Waals surface area contributed by atoms with Crippen molar-refractivity contribution < 1.29 is 199 Å². The molecule has 0 unspecified atom stereocenters. The van der Waals surface area contributed by atoms with Gasteiger partial charge in [-0.05, 0) is 62.2 Å². The minimum absolute atomic E-state index is 0. The van der Waals surface area contributed by atoms with Crippen LogP contribution in [0.3, 0.4) is 0 Å². The van der Waals surface area contributed by atoms with Crippen molar-refractivity contribution >= 4 is 75.8 Å². The minimum atomic E-state index is -5.44. The fraction of sp³-hybridized carbons (Fsp3) is 0.138. The molecule has 0 saturated carbocycles. The second kappa shape index (κ2) is 22.7. The molecule has 0 aliphatic carbocycles. The summed E-state index contributed by atoms with van der Waals surface area (Å²) in [6.07, 6.45) is 4.96. The van der Waals surface area contributed by atoms with E-state index in [-0.39, 0.29) is 141 Å². The molecule has 2 heterocycles. The molecule has 3 aromatic rings. The summed E-state index contributed by atoms with van der Waals surface area (Å²) in [5, 5.41) is 21.1. The van der Waals surface area contributed by atoms with Crippen molar-refractivity contribution in [3.63, 3.8) is 0 Å². The SMILES string of the molecule is CCOC(=O)C1=NN(c2cc(S(=O)(=O)[O-])ccc2S(=O)(=O)[O-])C(=O)C1=CC=CC=Cc1c(C(=O)OCC)nn(-c2cc(S(=O)(=O)[O-])ccc2S(=O)(=O)O)c1[O-].[Na+].[Na+].[Na+].[Na+]. The van der Waals surface area contributed by atoms with E-state index in [1.54, 1.807) is 0 Å². The Morgan fingerprint density at radius 3 is 1.75 bits per heavy atom. The number of amides is 1. The van der Waals surface area contributed by atoms with E-state index in [1.165, 1.54) is 13.8 Å². The van der Waals surface area contributed by atoms with Crippen molar-refractivity contribution in [2.45, 2.75) is 33.4 Å². The smallest absolute Gasteiger partial charge is 0.858 e. The number of anilines is 1. The third kappa shape index (κ3) is 13.7. The largest absolute Gasteiger partial charge is 1.00 e. The zero-order valence-electron chi connectivity index (χ0n) is 31.6. The molecule has 0 atom stereocenters. The number of ether oxygens (including phenoxy) is 2. The standard InChI is InChI=1S/C29H26N4O18S4.4Na/c1-3-50-28(36)24-18(26(34)32(30-24)20-14-16(52(38,39)40)10-12-22(20)54(44,45)46)8-6-5-7-9-19-25(29(37)51-4-2)31-33(27(19)35)21-15-17(53(41,42)43)11-13-23(21)55(47,48)49;;;;/h5-15,34H,3-4H2,1-2H3,(H,38,39,40)(H,41,42,43)(H,44,45,46)(H,47,48,49);;;;/q;4*+1/p-4. The van der Waals surface area contributed by atoms with Crippen LogP contribution in [0.2, 0.25) is 0 Å². The third-order valence-corrected chi connectivity index (χ3v) is 10.3. The van der Waals surface area contributed by atoms with Gasteiger partial charge >= 0.3 is 130 Å². The van der Waals surface area contributed by atoms with Crippen LogP contribution < -0.4 is 128 Å². The van der Waals surface area contributed by atoms with Gasteiger partial charge < -0.3 is 28.2 Å². The third-order valence-electron chi connectivity index (χ3n) is 6.88. The molecule has 22 nitrogen and oxygen atoms in total. The first kappa shape index (κ1) is 57.4. The summed E-state index contributed by atoms with van der Waals surface area (Å²) in [6, 6.07) is 2.81. The maximum absolute atomic E-state index is 13.5. The van der Waals surface area contributed by atoms with Gasteiger partial charge in [-0.3, -0.25) is 9.35 Å². The molecule has 2 aromatic carbocycles. The van der Waals surface area contributed by atoms with E-state index in [2.05, 4.69) is 10.2 Å². The van der Waals surface area contributed by atoms with Crippen LogP contribution in [-0.2, 0) is 59.5 Å². The van der Waals surface area contributed by atoms with Gasteiger partial charge in [0.05, 0.1) is 44.8 Å². The average Bonchev–Trinajstić information content (AvgIpc) is 3.58. The summed E-state index contributed by atoms with van der Waals surface area (Å²) in [6.45, 7) is 2.28. The topological polar surface area (TPSA) is 352 Å². The Kier molecular flexibility index (Phi) is 22.0. The monoisotopic (exact) mass is 934 g/mol. The van der Waals surface area contributed by atoms with Crippen LogP contribution in [0.15, 0.2) is 91.0 Å². The molecule has 1 aromatic heterocycles. The van der Waals surface area contributed by atoms with Gasteiger partial charge in [0.1, 0.15) is 35.2 Å². The van der Waals surface area contributed by atoms with E-state index in [9.17, 15) is 71.4 Å². The molecule has 294 valence electrons. The maximum Gasteiger partial charge on any atom is 1.00 e. The van der Waals surface area contributed by atoms with E-state index in [1.807, 2.05) is 0 Å². The number of rotatable bonds is 13. The molecule has 1 N–H and O–H groups in total. The van der Waals surface area contributed by atoms with Crippen LogP contribution in [0.5, 0.6) is 5.88 Å². The average molecular weight is 935 g/mol. The molecule has 0 saturated heterocycles. The van der Waals surface area contributed by atoms with Crippen molar-refractivity contribution in [3.05, 3.63) is 77.5 Å². The summed E-state index contributed by atoms with van der Waals surface area (Å²) in [5.74, 6) is -5.08. The van der Waals surface area contributed by atoms with Crippen molar-refractivity contribution in [1.29, 1.82) is 0 Å². The number of carbonyl (C=O) groups excluding carboxylic acids is 3. The number of aromatic nitrogens is 2. The van der Waals surface area contributed by atoms with Crippen LogP contribution in [0, 0.1) is 0 Å². The molecule has 0 spiro atoms. The first-order valence-electron chi connectivity index (χ1n) is 14.7. The molecular weight excluding hydrogens is 913 g/mol. The summed E-state index contributed by atoms with van der Waals surface area (Å²) >= 11 is 0. The Hall–Kier alpha value is -1.61. The summed E-state index contributed by atoms with van der Waals surface area (Å²) in [5.41, 5.74) is -4.68. The van der Waals surface area contributed by atoms with E-state index >= 15 is 0 Å². The Labute approximate surface area is 424 Å². The fourth-order valence-electron chi connectivity index (χ4n) is 4.59. The molecular formula is C29H22N4Na4O18S4.